The lowest BCUT2D eigenvalue weighted by atomic mass is 10.2. The van der Waals surface area contributed by atoms with Gasteiger partial charge in [-0.2, -0.15) is 4.37 Å². The van der Waals surface area contributed by atoms with Crippen molar-refractivity contribution in [1.29, 1.82) is 0 Å². The number of hydrogen-bond donors (Lipinski definition) is 0. The topological polar surface area (TPSA) is 34.6 Å². The Morgan fingerprint density at radius 3 is 2.19 bits per heavy atom. The number of halogens is 2. The van der Waals surface area contributed by atoms with Crippen LogP contribution in [0.15, 0.2) is 91.0 Å². The van der Waals surface area contributed by atoms with Gasteiger partial charge in [0.25, 0.3) is 0 Å². The van der Waals surface area contributed by atoms with Crippen LogP contribution in [-0.4, -0.2) is 11.4 Å². The van der Waals surface area contributed by atoms with Crippen LogP contribution in [0.2, 0.25) is 10.0 Å². The molecule has 5 rings (SSSR count). The van der Waals surface area contributed by atoms with Crippen LogP contribution in [0.5, 0.6) is 11.5 Å². The Balaban J connectivity index is 1.22. The van der Waals surface area contributed by atoms with Gasteiger partial charge in [0.1, 0.15) is 30.5 Å². The third-order valence-corrected chi connectivity index (χ3v) is 7.32. The summed E-state index contributed by atoms with van der Waals surface area (Å²) in [5, 5.41) is 2.16. The van der Waals surface area contributed by atoms with E-state index in [1.807, 2.05) is 48.5 Å². The Bertz CT molecular complexity index is 1460. The van der Waals surface area contributed by atoms with Gasteiger partial charge in [-0.15, -0.1) is 0 Å². The van der Waals surface area contributed by atoms with Crippen LogP contribution in [-0.2, 0) is 19.8 Å². The number of aromatic nitrogens is 1. The fourth-order valence-corrected chi connectivity index (χ4v) is 4.97. The molecule has 0 amide bonds. The van der Waals surface area contributed by atoms with Gasteiger partial charge < -0.3 is 14.4 Å². The smallest absolute Gasteiger partial charge is 0.150 e. The summed E-state index contributed by atoms with van der Waals surface area (Å²) < 4.78 is 17.8. The molecule has 0 saturated heterocycles. The number of anilines is 1. The molecule has 0 spiro atoms. The van der Waals surface area contributed by atoms with Crippen LogP contribution in [0.1, 0.15) is 16.7 Å². The predicted molar refractivity (Wildman–Crippen MR) is 150 cm³/mol. The third kappa shape index (κ3) is 5.93. The van der Waals surface area contributed by atoms with Crippen molar-refractivity contribution in [3.8, 4) is 11.5 Å². The number of hydrogen-bond acceptors (Lipinski definition) is 5. The Hall–Kier alpha value is -3.25. The number of rotatable bonds is 9. The third-order valence-electron chi connectivity index (χ3n) is 5.76. The normalized spacial score (nSPS) is 11.0. The number of benzene rings is 4. The summed E-state index contributed by atoms with van der Waals surface area (Å²) in [5.41, 5.74) is 3.27. The van der Waals surface area contributed by atoms with E-state index in [9.17, 15) is 0 Å². The van der Waals surface area contributed by atoms with Crippen molar-refractivity contribution in [2.75, 3.05) is 11.9 Å². The molecule has 5 aromatic rings. The van der Waals surface area contributed by atoms with Crippen LogP contribution < -0.4 is 14.4 Å². The molecule has 0 bridgehead atoms. The zero-order valence-corrected chi connectivity index (χ0v) is 22.0. The maximum atomic E-state index is 6.09. The maximum absolute atomic E-state index is 6.09. The highest BCUT2D eigenvalue weighted by Crippen LogP contribution is 2.33. The summed E-state index contributed by atoms with van der Waals surface area (Å²) in [5.74, 6) is 2.58. The minimum absolute atomic E-state index is 0.426. The monoisotopic (exact) mass is 534 g/mol. The molecular formula is C29H24Cl2N2O2S. The lowest BCUT2D eigenvalue weighted by molar-refractivity contribution is 0.306. The molecule has 1 aromatic heterocycles. The first-order valence-corrected chi connectivity index (χ1v) is 13.0. The first-order valence-electron chi connectivity index (χ1n) is 11.5. The quantitative estimate of drug-likeness (QED) is 0.190. The highest BCUT2D eigenvalue weighted by molar-refractivity contribution is 7.13. The highest BCUT2D eigenvalue weighted by Gasteiger charge is 2.13. The molecule has 0 aliphatic heterocycles. The van der Waals surface area contributed by atoms with E-state index in [0.29, 0.717) is 23.3 Å². The lowest BCUT2D eigenvalue weighted by Crippen LogP contribution is -2.16. The summed E-state index contributed by atoms with van der Waals surface area (Å²) in [6.45, 7) is 1.69. The molecule has 0 N–H and O–H groups in total. The average Bonchev–Trinajstić information content (AvgIpc) is 3.33. The van der Waals surface area contributed by atoms with Gasteiger partial charge in [-0.3, -0.25) is 0 Å². The maximum Gasteiger partial charge on any atom is 0.150 e. The molecule has 36 heavy (non-hydrogen) atoms. The van der Waals surface area contributed by atoms with Gasteiger partial charge in [-0.25, -0.2) is 0 Å². The minimum Gasteiger partial charge on any atom is -0.489 e. The van der Waals surface area contributed by atoms with Gasteiger partial charge >= 0.3 is 0 Å². The van der Waals surface area contributed by atoms with Crippen molar-refractivity contribution >= 4 is 50.6 Å². The molecule has 1 heterocycles. The second-order valence-corrected chi connectivity index (χ2v) is 10.1. The van der Waals surface area contributed by atoms with Gasteiger partial charge in [0.05, 0.1) is 14.7 Å². The molecule has 0 saturated carbocycles. The standard InChI is InChI=1S/C29H24Cl2N2O2S/c1-33(17-20-7-10-23(11-8-20)34-19-22-9-13-26(30)27(31)15-22)29-25-16-24(12-14-28(25)36-32-29)35-18-21-5-3-2-4-6-21/h2-16H,17-19H2,1H3. The molecule has 0 atom stereocenters. The molecule has 182 valence electrons. The van der Waals surface area contributed by atoms with E-state index in [0.717, 1.165) is 50.6 Å². The SMILES string of the molecule is CN(Cc1ccc(OCc2ccc(Cl)c(Cl)c2)cc1)c1nsc2ccc(OCc3ccccc3)cc12. The van der Waals surface area contributed by atoms with Gasteiger partial charge in [0, 0.05) is 19.0 Å². The first kappa shape index (κ1) is 24.4. The van der Waals surface area contributed by atoms with Crippen LogP contribution in [0.25, 0.3) is 10.1 Å². The minimum atomic E-state index is 0.426. The molecule has 0 radical (unpaired) electrons. The van der Waals surface area contributed by atoms with E-state index in [4.69, 9.17) is 37.0 Å². The Kier molecular flexibility index (Phi) is 7.61. The second kappa shape index (κ2) is 11.2. The second-order valence-electron chi connectivity index (χ2n) is 8.48. The predicted octanol–water partition coefficient (Wildman–Crippen LogP) is 8.40. The van der Waals surface area contributed by atoms with Gasteiger partial charge in [0.2, 0.25) is 0 Å². The summed E-state index contributed by atoms with van der Waals surface area (Å²) in [6, 6.07) is 30.0. The Morgan fingerprint density at radius 2 is 1.42 bits per heavy atom. The molecule has 7 heteroatoms. The lowest BCUT2D eigenvalue weighted by Gasteiger charge is -2.17. The van der Waals surface area contributed by atoms with Gasteiger partial charge in [0.15, 0.2) is 0 Å². The zero-order valence-electron chi connectivity index (χ0n) is 19.7. The molecule has 4 aromatic carbocycles. The highest BCUT2D eigenvalue weighted by atomic mass is 35.5. The van der Waals surface area contributed by atoms with Gasteiger partial charge in [-0.05, 0) is 70.7 Å². The van der Waals surface area contributed by atoms with Crippen molar-refractivity contribution in [1.82, 2.24) is 4.37 Å². The first-order chi connectivity index (χ1) is 17.5. The Morgan fingerprint density at radius 1 is 0.722 bits per heavy atom. The zero-order chi connectivity index (χ0) is 24.9. The van der Waals surface area contributed by atoms with Crippen molar-refractivity contribution in [2.24, 2.45) is 0 Å². The summed E-state index contributed by atoms with van der Waals surface area (Å²) in [7, 11) is 2.06. The summed E-state index contributed by atoms with van der Waals surface area (Å²) in [6.07, 6.45) is 0. The van der Waals surface area contributed by atoms with E-state index >= 15 is 0 Å². The largest absolute Gasteiger partial charge is 0.489 e. The van der Waals surface area contributed by atoms with E-state index in [2.05, 4.69) is 48.3 Å². The molecule has 4 nitrogen and oxygen atoms in total. The van der Waals surface area contributed by atoms with Crippen LogP contribution in [0.3, 0.4) is 0 Å². The number of ether oxygens (including phenoxy) is 2. The van der Waals surface area contributed by atoms with E-state index in [1.54, 1.807) is 6.07 Å². The van der Waals surface area contributed by atoms with E-state index < -0.39 is 0 Å². The van der Waals surface area contributed by atoms with Crippen LogP contribution in [0.4, 0.5) is 5.82 Å². The van der Waals surface area contributed by atoms with Crippen molar-refractivity contribution in [3.63, 3.8) is 0 Å². The Labute approximate surface area is 224 Å². The summed E-state index contributed by atoms with van der Waals surface area (Å²) >= 11 is 13.6. The number of fused-ring (bicyclic) bond motifs is 1. The summed E-state index contributed by atoms with van der Waals surface area (Å²) in [4.78, 5) is 2.16. The average molecular weight is 535 g/mol. The molecular weight excluding hydrogens is 511 g/mol. The van der Waals surface area contributed by atoms with Gasteiger partial charge in [-0.1, -0.05) is 71.7 Å². The van der Waals surface area contributed by atoms with Crippen molar-refractivity contribution in [3.05, 3.63) is 118 Å². The van der Waals surface area contributed by atoms with Crippen molar-refractivity contribution < 1.29 is 9.47 Å². The van der Waals surface area contributed by atoms with Crippen LogP contribution in [0, 0.1) is 0 Å². The molecule has 0 aliphatic carbocycles. The molecule has 0 unspecified atom stereocenters. The number of nitrogens with zero attached hydrogens (tertiary/aromatic N) is 2. The fourth-order valence-electron chi connectivity index (χ4n) is 3.85. The van der Waals surface area contributed by atoms with E-state index in [-0.39, 0.29) is 0 Å². The van der Waals surface area contributed by atoms with E-state index in [1.165, 1.54) is 11.5 Å². The molecule has 0 aliphatic rings. The van der Waals surface area contributed by atoms with Crippen molar-refractivity contribution in [2.45, 2.75) is 19.8 Å². The fraction of sp³-hybridized carbons (Fsp3) is 0.138. The molecule has 0 fully saturated rings. The van der Waals surface area contributed by atoms with Crippen LogP contribution >= 0.6 is 34.7 Å².